The van der Waals surface area contributed by atoms with Crippen LogP contribution in [0.25, 0.3) is 0 Å². The zero-order valence-corrected chi connectivity index (χ0v) is 7.35. The smallest absolute Gasteiger partial charge is 0.264 e. The zero-order valence-electron chi connectivity index (χ0n) is 5.76. The maximum atomic E-state index is 11.2. The summed E-state index contributed by atoms with van der Waals surface area (Å²) in [5.74, 6) is 0.828. The van der Waals surface area contributed by atoms with Crippen LogP contribution in [-0.2, 0) is 6.42 Å². The van der Waals surface area contributed by atoms with E-state index in [1.165, 1.54) is 0 Å². The van der Waals surface area contributed by atoms with Crippen molar-refractivity contribution < 1.29 is 9.21 Å². The number of rotatable bonds is 0. The van der Waals surface area contributed by atoms with Gasteiger partial charge in [0.25, 0.3) is 4.80 Å². The number of halogens is 1. The van der Waals surface area contributed by atoms with E-state index < -0.39 is 0 Å². The van der Waals surface area contributed by atoms with Crippen LogP contribution in [0.4, 0.5) is 0 Å². The lowest BCUT2D eigenvalue weighted by atomic mass is 10.0. The zero-order chi connectivity index (χ0) is 7.84. The van der Waals surface area contributed by atoms with E-state index in [4.69, 9.17) is 4.42 Å². The largest absolute Gasteiger partial charge is 0.435 e. The molecule has 2 rings (SSSR count). The molecule has 0 aliphatic heterocycles. The standard InChI is InChI=1S/C7H6BrNO2/c8-7-9-6-4(10)2-1-3-5(6)11-7/h1-3H2. The van der Waals surface area contributed by atoms with Crippen molar-refractivity contribution in [3.8, 4) is 0 Å². The Morgan fingerprint density at radius 3 is 3.00 bits per heavy atom. The van der Waals surface area contributed by atoms with Gasteiger partial charge in [-0.3, -0.25) is 4.79 Å². The Labute approximate surface area is 71.9 Å². The molecule has 1 aromatic rings. The van der Waals surface area contributed by atoms with E-state index in [-0.39, 0.29) is 5.78 Å². The number of nitrogens with zero attached hydrogens (tertiary/aromatic N) is 1. The topological polar surface area (TPSA) is 43.1 Å². The molecule has 0 amide bonds. The third kappa shape index (κ3) is 1.11. The Bertz CT molecular complexity index is 305. The molecule has 3 nitrogen and oxygen atoms in total. The predicted molar refractivity (Wildman–Crippen MR) is 41.5 cm³/mol. The first-order valence-electron chi connectivity index (χ1n) is 3.46. The molecular weight excluding hydrogens is 210 g/mol. The first-order valence-corrected chi connectivity index (χ1v) is 4.25. The van der Waals surface area contributed by atoms with E-state index in [1.54, 1.807) is 0 Å². The van der Waals surface area contributed by atoms with Crippen molar-refractivity contribution in [3.05, 3.63) is 16.3 Å². The van der Waals surface area contributed by atoms with Gasteiger partial charge in [0.05, 0.1) is 0 Å². The number of carbonyl (C=O) groups excluding carboxylic acids is 1. The highest BCUT2D eigenvalue weighted by Gasteiger charge is 2.22. The number of Topliss-reactive ketones (excluding diaryl/α,β-unsaturated/α-hetero) is 1. The van der Waals surface area contributed by atoms with Crippen LogP contribution in [0.2, 0.25) is 0 Å². The van der Waals surface area contributed by atoms with Gasteiger partial charge in [0.15, 0.2) is 5.78 Å². The summed E-state index contributed by atoms with van der Waals surface area (Å²) in [6.45, 7) is 0. The lowest BCUT2D eigenvalue weighted by molar-refractivity contribution is 0.0965. The number of carbonyl (C=O) groups is 1. The van der Waals surface area contributed by atoms with E-state index in [0.717, 1.165) is 18.6 Å². The Morgan fingerprint density at radius 1 is 1.45 bits per heavy atom. The summed E-state index contributed by atoms with van der Waals surface area (Å²) in [4.78, 5) is 15.5. The molecule has 0 N–H and O–H groups in total. The van der Waals surface area contributed by atoms with Crippen LogP contribution < -0.4 is 0 Å². The van der Waals surface area contributed by atoms with Crippen LogP contribution in [0, 0.1) is 0 Å². The van der Waals surface area contributed by atoms with E-state index in [9.17, 15) is 4.79 Å². The Balaban J connectivity index is 2.52. The number of oxazole rings is 1. The molecule has 11 heavy (non-hydrogen) atoms. The molecule has 0 saturated carbocycles. The third-order valence-corrected chi connectivity index (χ3v) is 2.08. The lowest BCUT2D eigenvalue weighted by Gasteiger charge is -2.04. The molecule has 1 aromatic heterocycles. The minimum absolute atomic E-state index is 0.0979. The van der Waals surface area contributed by atoms with E-state index in [2.05, 4.69) is 20.9 Å². The minimum atomic E-state index is 0.0979. The average Bonchev–Trinajstić information content (AvgIpc) is 2.31. The molecule has 1 aliphatic rings. The predicted octanol–water partition coefficient (Wildman–Crippen LogP) is 1.96. The third-order valence-electron chi connectivity index (χ3n) is 1.74. The van der Waals surface area contributed by atoms with E-state index in [1.807, 2.05) is 0 Å². The Morgan fingerprint density at radius 2 is 2.27 bits per heavy atom. The Hall–Kier alpha value is -0.640. The molecule has 0 saturated heterocycles. The fourth-order valence-electron chi connectivity index (χ4n) is 1.24. The van der Waals surface area contributed by atoms with Gasteiger partial charge in [-0.1, -0.05) is 0 Å². The van der Waals surface area contributed by atoms with E-state index >= 15 is 0 Å². The Kier molecular flexibility index (Phi) is 1.56. The first kappa shape index (κ1) is 7.03. The van der Waals surface area contributed by atoms with Crippen LogP contribution in [0.5, 0.6) is 0 Å². The van der Waals surface area contributed by atoms with Gasteiger partial charge in [-0.25, -0.2) is 0 Å². The second-order valence-electron chi connectivity index (χ2n) is 2.52. The number of hydrogen-bond acceptors (Lipinski definition) is 3. The molecule has 4 heteroatoms. The van der Waals surface area contributed by atoms with Gasteiger partial charge in [0.1, 0.15) is 11.5 Å². The molecule has 0 bridgehead atoms. The molecule has 0 atom stereocenters. The van der Waals surface area contributed by atoms with Crippen molar-refractivity contribution in [1.29, 1.82) is 0 Å². The van der Waals surface area contributed by atoms with Crippen LogP contribution in [0.15, 0.2) is 9.22 Å². The highest BCUT2D eigenvalue weighted by Crippen LogP contribution is 2.23. The summed E-state index contributed by atoms with van der Waals surface area (Å²) >= 11 is 3.09. The average molecular weight is 216 g/mol. The second-order valence-corrected chi connectivity index (χ2v) is 3.19. The van der Waals surface area contributed by atoms with Gasteiger partial charge < -0.3 is 4.42 Å². The summed E-state index contributed by atoms with van der Waals surface area (Å²) in [6, 6.07) is 0. The maximum Gasteiger partial charge on any atom is 0.264 e. The summed E-state index contributed by atoms with van der Waals surface area (Å²) in [6.07, 6.45) is 2.32. The van der Waals surface area contributed by atoms with Crippen molar-refractivity contribution >= 4 is 21.7 Å². The van der Waals surface area contributed by atoms with Crippen LogP contribution in [0.1, 0.15) is 29.1 Å². The molecule has 0 aromatic carbocycles. The monoisotopic (exact) mass is 215 g/mol. The summed E-state index contributed by atoms with van der Waals surface area (Å²) in [7, 11) is 0. The van der Waals surface area contributed by atoms with Crippen LogP contribution in [-0.4, -0.2) is 10.8 Å². The molecular formula is C7H6BrNO2. The van der Waals surface area contributed by atoms with Gasteiger partial charge in [-0.05, 0) is 6.42 Å². The molecule has 0 fully saturated rings. The van der Waals surface area contributed by atoms with Gasteiger partial charge >= 0.3 is 0 Å². The second kappa shape index (κ2) is 2.44. The molecule has 0 spiro atoms. The van der Waals surface area contributed by atoms with Crippen LogP contribution in [0.3, 0.4) is 0 Å². The van der Waals surface area contributed by atoms with Crippen molar-refractivity contribution in [2.75, 3.05) is 0 Å². The quantitative estimate of drug-likeness (QED) is 0.665. The molecule has 0 radical (unpaired) electrons. The SMILES string of the molecule is O=C1CCCc2oc(Br)nc21. The highest BCUT2D eigenvalue weighted by atomic mass is 79.9. The number of aryl methyl sites for hydroxylation is 1. The van der Waals surface area contributed by atoms with Gasteiger partial charge in [0.2, 0.25) is 0 Å². The maximum absolute atomic E-state index is 11.2. The van der Waals surface area contributed by atoms with Crippen molar-refractivity contribution in [3.63, 3.8) is 0 Å². The summed E-state index contributed by atoms with van der Waals surface area (Å²) < 4.78 is 5.16. The fraction of sp³-hybridized carbons (Fsp3) is 0.429. The fourth-order valence-corrected chi connectivity index (χ4v) is 1.61. The number of aromatic nitrogens is 1. The van der Waals surface area contributed by atoms with Gasteiger partial charge in [0, 0.05) is 28.8 Å². The molecule has 58 valence electrons. The minimum Gasteiger partial charge on any atom is -0.435 e. The van der Waals surface area contributed by atoms with Gasteiger partial charge in [-0.2, -0.15) is 4.98 Å². The summed E-state index contributed by atoms with van der Waals surface area (Å²) in [5.41, 5.74) is 0.517. The number of fused-ring (bicyclic) bond motifs is 1. The number of hydrogen-bond donors (Lipinski definition) is 0. The molecule has 1 heterocycles. The van der Waals surface area contributed by atoms with Crippen molar-refractivity contribution in [2.45, 2.75) is 19.3 Å². The van der Waals surface area contributed by atoms with E-state index in [0.29, 0.717) is 16.9 Å². The number of ketones is 1. The lowest BCUT2D eigenvalue weighted by Crippen LogP contribution is -2.09. The molecule has 0 unspecified atom stereocenters. The summed E-state index contributed by atoms with van der Waals surface area (Å²) in [5, 5.41) is 0. The highest BCUT2D eigenvalue weighted by molar-refractivity contribution is 9.10. The van der Waals surface area contributed by atoms with Crippen molar-refractivity contribution in [2.24, 2.45) is 0 Å². The molecule has 1 aliphatic carbocycles. The van der Waals surface area contributed by atoms with Gasteiger partial charge in [-0.15, -0.1) is 0 Å². The van der Waals surface area contributed by atoms with Crippen LogP contribution >= 0.6 is 15.9 Å². The normalized spacial score (nSPS) is 16.6. The van der Waals surface area contributed by atoms with Crippen molar-refractivity contribution in [1.82, 2.24) is 4.98 Å². The first-order chi connectivity index (χ1) is 5.27.